The zero-order chi connectivity index (χ0) is 17.0. The molecule has 1 aliphatic carbocycles. The molecule has 0 aromatic carbocycles. The van der Waals surface area contributed by atoms with Gasteiger partial charge >= 0.3 is 0 Å². The van der Waals surface area contributed by atoms with Gasteiger partial charge in [0, 0.05) is 11.9 Å². The van der Waals surface area contributed by atoms with Crippen LogP contribution in [0.25, 0.3) is 28.6 Å². The van der Waals surface area contributed by atoms with Crippen LogP contribution in [0.3, 0.4) is 0 Å². The SMILES string of the molecule is Cc1cc(-c2nc(-c3cccn4ncnc34)no2)nn1C(C)C1CC1. The van der Waals surface area contributed by atoms with Crippen LogP contribution in [0.4, 0.5) is 0 Å². The molecule has 8 nitrogen and oxygen atoms in total. The number of nitrogens with zero attached hydrogens (tertiary/aromatic N) is 7. The van der Waals surface area contributed by atoms with Gasteiger partial charge in [-0.2, -0.15) is 15.2 Å². The maximum absolute atomic E-state index is 5.46. The number of fused-ring (bicyclic) bond motifs is 1. The molecule has 1 aliphatic rings. The first-order valence-corrected chi connectivity index (χ1v) is 8.39. The Morgan fingerprint density at radius 3 is 3.04 bits per heavy atom. The van der Waals surface area contributed by atoms with Crippen LogP contribution in [0, 0.1) is 12.8 Å². The highest BCUT2D eigenvalue weighted by Crippen LogP contribution is 2.40. The van der Waals surface area contributed by atoms with Gasteiger partial charge in [-0.3, -0.25) is 4.68 Å². The smallest absolute Gasteiger partial charge is 0.278 e. The van der Waals surface area contributed by atoms with Gasteiger partial charge in [0.2, 0.25) is 5.82 Å². The van der Waals surface area contributed by atoms with Gasteiger partial charge in [0.1, 0.15) is 6.33 Å². The highest BCUT2D eigenvalue weighted by atomic mass is 16.5. The lowest BCUT2D eigenvalue weighted by Gasteiger charge is -2.12. The minimum absolute atomic E-state index is 0.404. The molecule has 0 amide bonds. The summed E-state index contributed by atoms with van der Waals surface area (Å²) in [7, 11) is 0. The Kier molecular flexibility index (Phi) is 3.00. The van der Waals surface area contributed by atoms with Crippen LogP contribution >= 0.6 is 0 Å². The van der Waals surface area contributed by atoms with Gasteiger partial charge in [-0.25, -0.2) is 9.50 Å². The fourth-order valence-corrected chi connectivity index (χ4v) is 3.24. The van der Waals surface area contributed by atoms with Crippen molar-refractivity contribution in [2.45, 2.75) is 32.7 Å². The van der Waals surface area contributed by atoms with Crippen molar-refractivity contribution in [3.8, 4) is 23.0 Å². The predicted molar refractivity (Wildman–Crippen MR) is 89.7 cm³/mol. The molecule has 1 saturated carbocycles. The molecular weight excluding hydrogens is 318 g/mol. The second kappa shape index (κ2) is 5.23. The number of pyridine rings is 1. The number of rotatable bonds is 4. The first-order valence-electron chi connectivity index (χ1n) is 8.39. The van der Waals surface area contributed by atoms with Crippen LogP contribution in [-0.2, 0) is 0 Å². The molecule has 1 fully saturated rings. The lowest BCUT2D eigenvalue weighted by molar-refractivity contribution is 0.419. The average molecular weight is 335 g/mol. The van der Waals surface area contributed by atoms with Gasteiger partial charge in [0.05, 0.1) is 11.6 Å². The Morgan fingerprint density at radius 1 is 1.32 bits per heavy atom. The predicted octanol–water partition coefficient (Wildman–Crippen LogP) is 2.92. The number of aryl methyl sites for hydroxylation is 1. The number of hydrogen-bond donors (Lipinski definition) is 0. The molecule has 0 aliphatic heterocycles. The summed E-state index contributed by atoms with van der Waals surface area (Å²) in [6, 6.07) is 6.18. The van der Waals surface area contributed by atoms with Crippen molar-refractivity contribution >= 4 is 5.65 Å². The van der Waals surface area contributed by atoms with Gasteiger partial charge in [0.15, 0.2) is 11.3 Å². The minimum atomic E-state index is 0.404. The molecule has 0 bridgehead atoms. The quantitative estimate of drug-likeness (QED) is 0.570. The molecule has 5 rings (SSSR count). The van der Waals surface area contributed by atoms with Crippen LogP contribution in [-0.4, -0.2) is 34.5 Å². The molecule has 1 atom stereocenters. The second-order valence-corrected chi connectivity index (χ2v) is 6.57. The number of hydrogen-bond acceptors (Lipinski definition) is 6. The third-order valence-corrected chi connectivity index (χ3v) is 4.80. The van der Waals surface area contributed by atoms with Crippen LogP contribution in [0.15, 0.2) is 35.2 Å². The third-order valence-electron chi connectivity index (χ3n) is 4.80. The fourth-order valence-electron chi connectivity index (χ4n) is 3.24. The van der Waals surface area contributed by atoms with E-state index in [1.165, 1.54) is 19.2 Å². The summed E-state index contributed by atoms with van der Waals surface area (Å²) in [4.78, 5) is 8.78. The monoisotopic (exact) mass is 335 g/mol. The maximum atomic E-state index is 5.46. The van der Waals surface area contributed by atoms with Crippen molar-refractivity contribution in [1.82, 2.24) is 34.5 Å². The van der Waals surface area contributed by atoms with Crippen molar-refractivity contribution in [3.05, 3.63) is 36.4 Å². The van der Waals surface area contributed by atoms with Crippen molar-refractivity contribution < 1.29 is 4.52 Å². The summed E-state index contributed by atoms with van der Waals surface area (Å²) in [6.45, 7) is 4.27. The van der Waals surface area contributed by atoms with E-state index in [-0.39, 0.29) is 0 Å². The standard InChI is InChI=1S/C17H17N7O/c1-10-8-14(21-24(10)11(2)12-5-6-12)17-20-15(22-25-17)13-4-3-7-23-16(13)18-9-19-23/h3-4,7-9,11-12H,5-6H2,1-2H3. The zero-order valence-corrected chi connectivity index (χ0v) is 14.0. The van der Waals surface area contributed by atoms with E-state index < -0.39 is 0 Å². The molecule has 8 heteroatoms. The van der Waals surface area contributed by atoms with Crippen LogP contribution in [0.1, 0.15) is 31.5 Å². The Balaban J connectivity index is 1.53. The average Bonchev–Trinajstić information content (AvgIpc) is 3.02. The fraction of sp³-hybridized carbons (Fsp3) is 0.353. The van der Waals surface area contributed by atoms with Gasteiger partial charge < -0.3 is 4.52 Å². The molecule has 4 aromatic heterocycles. The van der Waals surface area contributed by atoms with Crippen molar-refractivity contribution in [1.29, 1.82) is 0 Å². The van der Waals surface area contributed by atoms with Gasteiger partial charge in [-0.05, 0) is 50.8 Å². The first-order chi connectivity index (χ1) is 12.2. The summed E-state index contributed by atoms with van der Waals surface area (Å²) in [6.07, 6.45) is 5.90. The van der Waals surface area contributed by atoms with E-state index in [9.17, 15) is 0 Å². The first kappa shape index (κ1) is 14.3. The molecule has 4 aromatic rings. The normalized spacial score (nSPS) is 15.8. The van der Waals surface area contributed by atoms with Crippen LogP contribution < -0.4 is 0 Å². The van der Waals surface area contributed by atoms with E-state index in [0.29, 0.717) is 29.1 Å². The molecule has 0 radical (unpaired) electrons. The van der Waals surface area contributed by atoms with Gasteiger partial charge in [-0.1, -0.05) is 5.16 Å². The second-order valence-electron chi connectivity index (χ2n) is 6.57. The lowest BCUT2D eigenvalue weighted by Crippen LogP contribution is -2.10. The van der Waals surface area contributed by atoms with Crippen molar-refractivity contribution in [3.63, 3.8) is 0 Å². The third kappa shape index (κ3) is 2.33. The lowest BCUT2D eigenvalue weighted by atomic mass is 10.2. The van der Waals surface area contributed by atoms with E-state index in [2.05, 4.69) is 43.9 Å². The highest BCUT2D eigenvalue weighted by Gasteiger charge is 2.31. The number of aromatic nitrogens is 7. The Morgan fingerprint density at radius 2 is 2.20 bits per heavy atom. The maximum Gasteiger partial charge on any atom is 0.278 e. The van der Waals surface area contributed by atoms with Gasteiger partial charge in [-0.15, -0.1) is 0 Å². The molecule has 0 N–H and O–H groups in total. The molecular formula is C17H17N7O. The van der Waals surface area contributed by atoms with E-state index in [1.807, 2.05) is 24.4 Å². The summed E-state index contributed by atoms with van der Waals surface area (Å²) >= 11 is 0. The largest absolute Gasteiger partial charge is 0.332 e. The minimum Gasteiger partial charge on any atom is -0.332 e. The molecule has 126 valence electrons. The van der Waals surface area contributed by atoms with Gasteiger partial charge in [0.25, 0.3) is 5.89 Å². The van der Waals surface area contributed by atoms with E-state index in [0.717, 1.165) is 17.2 Å². The Bertz CT molecular complexity index is 1060. The van der Waals surface area contributed by atoms with Crippen molar-refractivity contribution in [2.75, 3.05) is 0 Å². The molecule has 0 spiro atoms. The summed E-state index contributed by atoms with van der Waals surface area (Å²) in [5.74, 6) is 1.63. The van der Waals surface area contributed by atoms with Crippen LogP contribution in [0.5, 0.6) is 0 Å². The zero-order valence-electron chi connectivity index (χ0n) is 14.0. The van der Waals surface area contributed by atoms with E-state index in [1.54, 1.807) is 4.52 Å². The summed E-state index contributed by atoms with van der Waals surface area (Å²) in [5, 5.41) is 12.9. The van der Waals surface area contributed by atoms with E-state index >= 15 is 0 Å². The van der Waals surface area contributed by atoms with Crippen molar-refractivity contribution in [2.24, 2.45) is 5.92 Å². The molecule has 0 saturated heterocycles. The highest BCUT2D eigenvalue weighted by molar-refractivity contribution is 5.72. The topological polar surface area (TPSA) is 86.9 Å². The molecule has 25 heavy (non-hydrogen) atoms. The Hall–Kier alpha value is -3.03. The van der Waals surface area contributed by atoms with E-state index in [4.69, 9.17) is 4.52 Å². The summed E-state index contributed by atoms with van der Waals surface area (Å²) < 4.78 is 9.21. The molecule has 4 heterocycles. The Labute approximate surface area is 143 Å². The summed E-state index contributed by atoms with van der Waals surface area (Å²) in [5.41, 5.74) is 3.28. The van der Waals surface area contributed by atoms with Crippen LogP contribution in [0.2, 0.25) is 0 Å². The molecule has 1 unspecified atom stereocenters.